The van der Waals surface area contributed by atoms with Crippen LogP contribution in [0.25, 0.3) is 6.08 Å². The molecule has 0 spiro atoms. The molecule has 1 heterocycles. The lowest BCUT2D eigenvalue weighted by Gasteiger charge is -2.27. The molecule has 4 amide bonds. The van der Waals surface area contributed by atoms with E-state index in [9.17, 15) is 24.3 Å². The Morgan fingerprint density at radius 3 is 2.43 bits per heavy atom. The molecule has 0 atom stereocenters. The number of nitrogens with zero attached hydrogens (tertiary/aromatic N) is 1. The fraction of sp³-hybridized carbons (Fsp3) is 0.0526. The Hall–Kier alpha value is -3.07. The maximum absolute atomic E-state index is 12.9. The van der Waals surface area contributed by atoms with Crippen LogP contribution in [0.2, 0.25) is 15.1 Å². The molecule has 2 aromatic carbocycles. The van der Waals surface area contributed by atoms with Crippen molar-refractivity contribution in [1.82, 2.24) is 5.32 Å². The maximum atomic E-state index is 12.9. The van der Waals surface area contributed by atoms with Crippen molar-refractivity contribution in [2.24, 2.45) is 0 Å². The summed E-state index contributed by atoms with van der Waals surface area (Å²) in [6.45, 7) is -0.694. The van der Waals surface area contributed by atoms with Gasteiger partial charge in [-0.25, -0.2) is 9.69 Å². The molecular formula is C19H10Cl3N2O6-. The van der Waals surface area contributed by atoms with Crippen LogP contribution < -0.4 is 20.1 Å². The number of halogens is 3. The molecule has 0 unspecified atom stereocenters. The molecule has 3 rings (SSSR count). The topological polar surface area (TPSA) is 116 Å². The molecule has 1 aliphatic heterocycles. The SMILES string of the molecule is O=C([O-])COc1ccc(/C=C2\C(=O)NC(=O)N(c3ccc(Cl)cc3Cl)C2=O)cc1Cl. The largest absolute Gasteiger partial charge is 0.546 e. The quantitative estimate of drug-likeness (QED) is 0.532. The number of imide groups is 2. The number of hydrogen-bond acceptors (Lipinski definition) is 6. The van der Waals surface area contributed by atoms with Gasteiger partial charge in [0.05, 0.1) is 21.7 Å². The van der Waals surface area contributed by atoms with Crippen molar-refractivity contribution in [2.75, 3.05) is 11.5 Å². The van der Waals surface area contributed by atoms with Crippen LogP contribution in [0.5, 0.6) is 5.75 Å². The zero-order valence-corrected chi connectivity index (χ0v) is 17.0. The Morgan fingerprint density at radius 1 is 1.07 bits per heavy atom. The van der Waals surface area contributed by atoms with E-state index in [1.807, 2.05) is 0 Å². The van der Waals surface area contributed by atoms with Crippen molar-refractivity contribution in [3.8, 4) is 5.75 Å². The van der Waals surface area contributed by atoms with E-state index in [2.05, 4.69) is 5.32 Å². The highest BCUT2D eigenvalue weighted by atomic mass is 35.5. The summed E-state index contributed by atoms with van der Waals surface area (Å²) >= 11 is 18.0. The van der Waals surface area contributed by atoms with E-state index in [1.54, 1.807) is 0 Å². The number of amides is 4. The first-order valence-electron chi connectivity index (χ1n) is 8.16. The Morgan fingerprint density at radius 2 is 1.80 bits per heavy atom. The predicted octanol–water partition coefficient (Wildman–Crippen LogP) is 2.44. The summed E-state index contributed by atoms with van der Waals surface area (Å²) < 4.78 is 4.96. The molecule has 1 saturated heterocycles. The van der Waals surface area contributed by atoms with Gasteiger partial charge >= 0.3 is 6.03 Å². The number of nitrogens with one attached hydrogen (secondary N) is 1. The highest BCUT2D eigenvalue weighted by Gasteiger charge is 2.37. The highest BCUT2D eigenvalue weighted by molar-refractivity contribution is 6.42. The normalized spacial score (nSPS) is 15.4. The molecule has 30 heavy (non-hydrogen) atoms. The van der Waals surface area contributed by atoms with Crippen LogP contribution in [-0.2, 0) is 14.4 Å². The minimum absolute atomic E-state index is 0.0390. The maximum Gasteiger partial charge on any atom is 0.335 e. The van der Waals surface area contributed by atoms with Crippen molar-refractivity contribution in [1.29, 1.82) is 0 Å². The van der Waals surface area contributed by atoms with Gasteiger partial charge in [-0.15, -0.1) is 0 Å². The van der Waals surface area contributed by atoms with Crippen molar-refractivity contribution in [3.05, 3.63) is 62.6 Å². The summed E-state index contributed by atoms with van der Waals surface area (Å²) in [5.41, 5.74) is 0.0296. The summed E-state index contributed by atoms with van der Waals surface area (Å²) in [6.07, 6.45) is 1.22. The van der Waals surface area contributed by atoms with Gasteiger partial charge < -0.3 is 14.6 Å². The van der Waals surface area contributed by atoms with Crippen LogP contribution in [0, 0.1) is 0 Å². The molecule has 0 aliphatic carbocycles. The number of hydrogen-bond donors (Lipinski definition) is 1. The molecule has 0 aromatic heterocycles. The van der Waals surface area contributed by atoms with Gasteiger partial charge in [0, 0.05) is 5.02 Å². The van der Waals surface area contributed by atoms with Crippen molar-refractivity contribution in [2.45, 2.75) is 0 Å². The molecule has 2 aromatic rings. The van der Waals surface area contributed by atoms with Gasteiger partial charge in [0.2, 0.25) is 0 Å². The lowest BCUT2D eigenvalue weighted by Crippen LogP contribution is -2.54. The minimum atomic E-state index is -1.42. The molecular weight excluding hydrogens is 459 g/mol. The van der Waals surface area contributed by atoms with E-state index in [1.165, 1.54) is 42.5 Å². The zero-order valence-electron chi connectivity index (χ0n) is 14.8. The van der Waals surface area contributed by atoms with Crippen molar-refractivity contribution in [3.63, 3.8) is 0 Å². The summed E-state index contributed by atoms with van der Waals surface area (Å²) in [5, 5.41) is 12.9. The Kier molecular flexibility index (Phi) is 6.31. The second kappa shape index (κ2) is 8.74. The van der Waals surface area contributed by atoms with Crippen LogP contribution in [0.1, 0.15) is 5.56 Å². The molecule has 8 nitrogen and oxygen atoms in total. The molecule has 1 aliphatic rings. The highest BCUT2D eigenvalue weighted by Crippen LogP contribution is 2.32. The number of barbiturate groups is 1. The molecule has 1 fully saturated rings. The fourth-order valence-electron chi connectivity index (χ4n) is 2.57. The van der Waals surface area contributed by atoms with Gasteiger partial charge in [0.1, 0.15) is 17.9 Å². The number of carboxylic acids is 1. The smallest absolute Gasteiger partial charge is 0.335 e. The molecule has 154 valence electrons. The second-order valence-electron chi connectivity index (χ2n) is 5.90. The lowest BCUT2D eigenvalue weighted by atomic mass is 10.1. The van der Waals surface area contributed by atoms with Crippen molar-refractivity contribution >= 4 is 70.4 Å². The third kappa shape index (κ3) is 4.56. The number of anilines is 1. The molecule has 0 bridgehead atoms. The first-order chi connectivity index (χ1) is 14.2. The van der Waals surface area contributed by atoms with Gasteiger partial charge in [-0.3, -0.25) is 14.9 Å². The second-order valence-corrected chi connectivity index (χ2v) is 7.15. The summed E-state index contributed by atoms with van der Waals surface area (Å²) in [7, 11) is 0. The molecule has 0 radical (unpaired) electrons. The number of carboxylic acid groups (broad SMARTS) is 1. The number of urea groups is 1. The number of benzene rings is 2. The fourth-order valence-corrected chi connectivity index (χ4v) is 3.30. The van der Waals surface area contributed by atoms with E-state index >= 15 is 0 Å². The van der Waals surface area contributed by atoms with Crippen LogP contribution >= 0.6 is 34.8 Å². The van der Waals surface area contributed by atoms with Gasteiger partial charge in [-0.05, 0) is 42.0 Å². The van der Waals surface area contributed by atoms with Crippen LogP contribution in [0.15, 0.2) is 42.0 Å². The number of ether oxygens (including phenoxy) is 1. The van der Waals surface area contributed by atoms with Gasteiger partial charge in [-0.1, -0.05) is 40.9 Å². The third-order valence-corrected chi connectivity index (χ3v) is 4.70. The van der Waals surface area contributed by atoms with Gasteiger partial charge in [0.15, 0.2) is 0 Å². The Balaban J connectivity index is 1.94. The van der Waals surface area contributed by atoms with E-state index in [4.69, 9.17) is 39.5 Å². The van der Waals surface area contributed by atoms with E-state index in [0.717, 1.165) is 0 Å². The van der Waals surface area contributed by atoms with Crippen LogP contribution in [-0.4, -0.2) is 30.4 Å². The van der Waals surface area contributed by atoms with Gasteiger partial charge in [-0.2, -0.15) is 0 Å². The first kappa shape index (κ1) is 21.6. The number of carbonyl (C=O) groups excluding carboxylic acids is 4. The monoisotopic (exact) mass is 467 g/mol. The van der Waals surface area contributed by atoms with Crippen molar-refractivity contribution < 1.29 is 29.0 Å². The van der Waals surface area contributed by atoms with Crippen LogP contribution in [0.3, 0.4) is 0 Å². The zero-order chi connectivity index (χ0) is 22.0. The number of aliphatic carboxylic acids is 1. The third-order valence-electron chi connectivity index (χ3n) is 3.86. The van der Waals surface area contributed by atoms with Gasteiger partial charge in [0.25, 0.3) is 11.8 Å². The lowest BCUT2D eigenvalue weighted by molar-refractivity contribution is -0.307. The summed E-state index contributed by atoms with van der Waals surface area (Å²) in [5.74, 6) is -3.15. The number of rotatable bonds is 5. The Bertz CT molecular complexity index is 1120. The standard InChI is InChI=1S/C19H11Cl3N2O6/c20-10-2-3-14(12(21)7-10)24-18(28)11(17(27)23-19(24)29)5-9-1-4-15(13(22)6-9)30-8-16(25)26/h1-7H,8H2,(H,25,26)(H,23,27,29)/p-1/b11-5+. The average molecular weight is 469 g/mol. The van der Waals surface area contributed by atoms with E-state index in [-0.39, 0.29) is 27.1 Å². The minimum Gasteiger partial charge on any atom is -0.546 e. The predicted molar refractivity (Wildman–Crippen MR) is 107 cm³/mol. The number of carbonyl (C=O) groups is 4. The Labute approximate surface area is 184 Å². The first-order valence-corrected chi connectivity index (χ1v) is 9.29. The average Bonchev–Trinajstić information content (AvgIpc) is 2.66. The molecule has 11 heteroatoms. The molecule has 0 saturated carbocycles. The van der Waals surface area contributed by atoms with Crippen LogP contribution in [0.4, 0.5) is 10.5 Å². The van der Waals surface area contributed by atoms with E-state index in [0.29, 0.717) is 15.5 Å². The van der Waals surface area contributed by atoms with E-state index < -0.39 is 30.4 Å². The summed E-state index contributed by atoms with van der Waals surface area (Å²) in [4.78, 5) is 48.5. The molecule has 1 N–H and O–H groups in total. The summed E-state index contributed by atoms with van der Waals surface area (Å²) in [6, 6.07) is 7.36.